The van der Waals surface area contributed by atoms with Crippen LogP contribution in [0.5, 0.6) is 11.5 Å². The molecule has 0 spiro atoms. The van der Waals surface area contributed by atoms with E-state index in [1.165, 1.54) is 23.4 Å². The smallest absolute Gasteiger partial charge is 0.750 e. The number of hydrogen-bond donors (Lipinski definition) is 6. The maximum Gasteiger partial charge on any atom is 1.00 e. The Hall–Kier alpha value is -3.01. The molecular weight excluding hydrogens is 589 g/mol. The van der Waals surface area contributed by atoms with Gasteiger partial charge in [0, 0.05) is 24.7 Å². The summed E-state index contributed by atoms with van der Waals surface area (Å²) in [5.41, 5.74) is 3.46. The summed E-state index contributed by atoms with van der Waals surface area (Å²) in [4.78, 5) is 24.1. The molecule has 43 heavy (non-hydrogen) atoms. The van der Waals surface area contributed by atoms with Gasteiger partial charge in [0.15, 0.2) is 0 Å². The molecular formula is C29H36N3NaO9S. The quantitative estimate of drug-likeness (QED) is 0.174. The van der Waals surface area contributed by atoms with E-state index in [4.69, 9.17) is 33.4 Å². The molecule has 2 aliphatic rings. The minimum Gasteiger partial charge on any atom is -0.750 e. The van der Waals surface area contributed by atoms with Crippen molar-refractivity contribution >= 4 is 29.1 Å². The van der Waals surface area contributed by atoms with Gasteiger partial charge < -0.3 is 39.4 Å². The van der Waals surface area contributed by atoms with E-state index in [9.17, 15) is 9.59 Å². The molecule has 5 rings (SSSR count). The number of nitrogens with one attached hydrogen (secondary N) is 2. The average Bonchev–Trinajstić information content (AvgIpc) is 3.44. The second-order valence-corrected chi connectivity index (χ2v) is 9.85. The predicted octanol–water partition coefficient (Wildman–Crippen LogP) is 0.434. The number of anilines is 1. The van der Waals surface area contributed by atoms with Crippen molar-refractivity contribution in [3.8, 4) is 11.5 Å². The molecule has 3 atom stereocenters. The third-order valence-electron chi connectivity index (χ3n) is 6.63. The summed E-state index contributed by atoms with van der Waals surface area (Å²) in [5.74, 6) is -0.704. The number of hydrogen-bond acceptors (Lipinski definition) is 9. The van der Waals surface area contributed by atoms with Crippen LogP contribution in [0.4, 0.5) is 10.5 Å². The Morgan fingerprint density at radius 2 is 1.74 bits per heavy atom. The van der Waals surface area contributed by atoms with E-state index in [0.29, 0.717) is 18.5 Å². The first kappa shape index (κ1) is 38.0. The number of carbonyl (C=O) groups excluding carboxylic acids is 1. The van der Waals surface area contributed by atoms with Crippen molar-refractivity contribution in [2.45, 2.75) is 38.5 Å². The summed E-state index contributed by atoms with van der Waals surface area (Å²) in [6.45, 7) is 5.87. The summed E-state index contributed by atoms with van der Waals surface area (Å²) in [6, 6.07) is 21.2. The number of fused-ring (bicyclic) bond motifs is 3. The number of aliphatic hydroxyl groups is 1. The fourth-order valence-corrected chi connectivity index (χ4v) is 4.68. The summed E-state index contributed by atoms with van der Waals surface area (Å²) in [6.07, 6.45) is 1.03. The van der Waals surface area contributed by atoms with Crippen molar-refractivity contribution in [1.82, 2.24) is 10.6 Å². The van der Waals surface area contributed by atoms with E-state index in [0.717, 1.165) is 18.5 Å². The van der Waals surface area contributed by atoms with Crippen molar-refractivity contribution in [3.63, 3.8) is 0 Å². The number of carboxylic acid groups (broad SMARTS) is 1. The van der Waals surface area contributed by atoms with Gasteiger partial charge in [0.05, 0.1) is 24.1 Å². The van der Waals surface area contributed by atoms with E-state index in [1.807, 2.05) is 55.5 Å². The number of ether oxygens (including phenoxy) is 1. The van der Waals surface area contributed by atoms with Gasteiger partial charge >= 0.3 is 41.6 Å². The Labute approximate surface area is 275 Å². The average molecular weight is 626 g/mol. The van der Waals surface area contributed by atoms with Crippen molar-refractivity contribution in [1.29, 1.82) is 0 Å². The second-order valence-electron chi connectivity index (χ2n) is 9.42. The maximum absolute atomic E-state index is 11.5. The number of amides is 1. The maximum atomic E-state index is 11.5. The van der Waals surface area contributed by atoms with Crippen LogP contribution < -0.4 is 49.8 Å². The first-order valence-electron chi connectivity index (χ1n) is 12.9. The number of aromatic hydroxyl groups is 1. The molecule has 228 valence electrons. The van der Waals surface area contributed by atoms with Gasteiger partial charge in [-0.05, 0) is 61.3 Å². The van der Waals surface area contributed by atoms with Gasteiger partial charge in [-0.1, -0.05) is 49.4 Å². The summed E-state index contributed by atoms with van der Waals surface area (Å²) in [7, 11) is 2.11. The Morgan fingerprint density at radius 3 is 2.26 bits per heavy atom. The molecule has 0 aliphatic carbocycles. The van der Waals surface area contributed by atoms with Gasteiger partial charge in [-0.25, -0.2) is 13.8 Å². The Kier molecular flexibility index (Phi) is 16.5. The molecule has 1 unspecified atom stereocenters. The fourth-order valence-electron chi connectivity index (χ4n) is 4.68. The number of carbonyl (C=O) groups is 2. The van der Waals surface area contributed by atoms with E-state index in [1.54, 1.807) is 12.1 Å². The van der Waals surface area contributed by atoms with E-state index >= 15 is 0 Å². The predicted molar refractivity (Wildman–Crippen MR) is 157 cm³/mol. The minimum atomic E-state index is -2.86. The van der Waals surface area contributed by atoms with Crippen LogP contribution in [-0.4, -0.2) is 67.0 Å². The normalized spacial score (nSPS) is 17.9. The van der Waals surface area contributed by atoms with Gasteiger partial charge in [0.25, 0.3) is 0 Å². The Morgan fingerprint density at radius 1 is 1.14 bits per heavy atom. The van der Waals surface area contributed by atoms with Gasteiger partial charge in [-0.3, -0.25) is 5.32 Å². The number of likely N-dealkylation sites (N-methyl/N-ethyl adjacent to an activating group) is 1. The topological polar surface area (TPSA) is 192 Å². The molecule has 3 aromatic rings. The molecule has 12 nitrogen and oxygen atoms in total. The number of benzene rings is 3. The van der Waals surface area contributed by atoms with Crippen LogP contribution in [0.25, 0.3) is 0 Å². The van der Waals surface area contributed by atoms with E-state index < -0.39 is 23.4 Å². The van der Waals surface area contributed by atoms with Gasteiger partial charge in [0.1, 0.15) is 17.1 Å². The number of nitrogens with zero attached hydrogens (tertiary/aromatic N) is 1. The molecule has 0 saturated carbocycles. The van der Waals surface area contributed by atoms with E-state index in [2.05, 4.69) is 29.5 Å². The molecule has 3 aromatic carbocycles. The number of para-hydroxylation sites is 1. The number of phenols is 1. The third-order valence-corrected chi connectivity index (χ3v) is 6.63. The number of aliphatic hydroxyl groups excluding tert-OH is 1. The third kappa shape index (κ3) is 11.2. The van der Waals surface area contributed by atoms with Crippen LogP contribution in [-0.2, 0) is 23.4 Å². The van der Waals surface area contributed by atoms with Gasteiger partial charge in [-0.2, -0.15) is 0 Å². The molecule has 2 aliphatic heterocycles. The molecule has 1 saturated heterocycles. The number of aromatic carboxylic acids is 1. The zero-order chi connectivity index (χ0) is 31.3. The molecule has 1 amide bonds. The largest absolute Gasteiger partial charge is 1.00 e. The van der Waals surface area contributed by atoms with E-state index in [-0.39, 0.29) is 52.9 Å². The van der Waals surface area contributed by atoms with Crippen LogP contribution in [0.3, 0.4) is 0 Å². The molecule has 6 N–H and O–H groups in total. The van der Waals surface area contributed by atoms with Crippen LogP contribution in [0.15, 0.2) is 72.8 Å². The van der Waals surface area contributed by atoms with Crippen molar-refractivity contribution in [2.24, 2.45) is 0 Å². The monoisotopic (exact) mass is 625 g/mol. The zero-order valence-corrected chi connectivity index (χ0v) is 27.3. The molecule has 0 radical (unpaired) electrons. The van der Waals surface area contributed by atoms with Gasteiger partial charge in [0.2, 0.25) is 0 Å². The van der Waals surface area contributed by atoms with Crippen molar-refractivity contribution in [2.75, 3.05) is 25.0 Å². The first-order valence-corrected chi connectivity index (χ1v) is 14.0. The van der Waals surface area contributed by atoms with Crippen LogP contribution in [0.1, 0.15) is 41.8 Å². The minimum absolute atomic E-state index is 0. The molecule has 1 fully saturated rings. The van der Waals surface area contributed by atoms with Crippen molar-refractivity contribution in [3.05, 3.63) is 89.5 Å². The van der Waals surface area contributed by atoms with Crippen LogP contribution in [0.2, 0.25) is 0 Å². The SMILES string of the molecule is CCNC(=O)Oc1ccc2c(c1)[C@]1(C)CCN[C@@H]1N2C.O=C(O)c1ccccc1O.O=S([O-])O.OCc1ccccc1.[Na+]. The number of carboxylic acids is 1. The standard InChI is InChI=1S/C15H21N3O2.C7H6O3.C7H8O.Na.H2O3S/c1-4-16-14(19)20-10-5-6-12-11(9-10)15(2)7-8-17-13(15)18(12)3;8-6-4-2-1-3-5(6)7(9)10;8-6-7-4-2-1-3-5-7;;1-4(2)3/h5-6,9,13,17H,4,7-8H2,1-3H3,(H,16,19);1-4,8H,(H,9,10);1-5,8H,6H2;;(H2,1,2,3)/q;;;+1;/p-1/t13-,15+;;;;/m1..../s1. The van der Waals surface area contributed by atoms with Crippen LogP contribution in [0, 0.1) is 0 Å². The summed E-state index contributed by atoms with van der Waals surface area (Å²) < 4.78 is 29.4. The first-order chi connectivity index (χ1) is 19.9. The van der Waals surface area contributed by atoms with Crippen molar-refractivity contribution < 1.29 is 72.5 Å². The number of rotatable bonds is 4. The summed E-state index contributed by atoms with van der Waals surface area (Å²) >= 11 is -2.86. The molecule has 14 heteroatoms. The van der Waals surface area contributed by atoms with Gasteiger partial charge in [-0.15, -0.1) is 0 Å². The second kappa shape index (κ2) is 18.6. The molecule has 0 bridgehead atoms. The Bertz CT molecular complexity index is 1350. The Balaban J connectivity index is 0.000000336. The summed E-state index contributed by atoms with van der Waals surface area (Å²) in [5, 5.41) is 32.0. The van der Waals surface area contributed by atoms with Crippen LogP contribution >= 0.6 is 0 Å². The zero-order valence-electron chi connectivity index (χ0n) is 24.5. The molecule has 2 heterocycles. The molecule has 0 aromatic heterocycles. The fraction of sp³-hybridized carbons (Fsp3) is 0.310.